The average Bonchev–Trinajstić information content (AvgIpc) is 3.11. The van der Waals surface area contributed by atoms with E-state index in [1.54, 1.807) is 0 Å². The van der Waals surface area contributed by atoms with Crippen LogP contribution in [0.3, 0.4) is 0 Å². The predicted octanol–water partition coefficient (Wildman–Crippen LogP) is 11.2. The third kappa shape index (κ3) is 39.0. The van der Waals surface area contributed by atoms with E-state index in [9.17, 15) is 24.2 Å². The Kier molecular flexibility index (Phi) is 35.9. The number of unbranched alkanes of at least 4 members (excludes halogenated alkanes) is 22. The summed E-state index contributed by atoms with van der Waals surface area (Å²) in [4.78, 5) is 34.9. The molecule has 0 fully saturated rings. The first kappa shape index (κ1) is 52.0. The number of rotatable bonds is 40. The van der Waals surface area contributed by atoms with Crippen molar-refractivity contribution in [3.63, 3.8) is 0 Å². The number of hydrogen-bond donors (Lipinski definition) is 3. The van der Waals surface area contributed by atoms with Crippen LogP contribution in [0, 0.1) is 11.8 Å². The summed E-state index contributed by atoms with van der Waals surface area (Å²) in [5.74, 6) is 0.648. The molecule has 11 heteroatoms. The average molecular weight is 779 g/mol. The van der Waals surface area contributed by atoms with Gasteiger partial charge in [0.15, 0.2) is 6.10 Å². The largest absolute Gasteiger partial charge is 0.472 e. The van der Waals surface area contributed by atoms with Crippen molar-refractivity contribution in [3.8, 4) is 0 Å². The summed E-state index contributed by atoms with van der Waals surface area (Å²) in [6.45, 7) is 6.99. The number of hydrogen-bond acceptors (Lipinski definition) is 9. The number of phosphoric ester groups is 1. The molecule has 0 amide bonds. The van der Waals surface area contributed by atoms with Gasteiger partial charge < -0.3 is 24.6 Å². The fourth-order valence-corrected chi connectivity index (χ4v) is 7.04. The predicted molar refractivity (Wildman–Crippen MR) is 215 cm³/mol. The lowest BCUT2D eigenvalue weighted by molar-refractivity contribution is -0.161. The van der Waals surface area contributed by atoms with Crippen LogP contribution in [0.15, 0.2) is 0 Å². The molecule has 0 aromatic heterocycles. The second-order valence-corrected chi connectivity index (χ2v) is 17.5. The normalized spacial score (nSPS) is 14.1. The SMILES string of the molecule is CC(C)CCCCCCCCCCCCCCCCCCCCC(=O)O[C@H](COC(=O)CCCCCCCCC(C)C)COP(=O)(O)OC[C@@H](O)CO. The van der Waals surface area contributed by atoms with Crippen molar-refractivity contribution in [2.45, 2.75) is 220 Å². The van der Waals surface area contributed by atoms with Crippen molar-refractivity contribution in [1.29, 1.82) is 0 Å². The Balaban J connectivity index is 4.14. The van der Waals surface area contributed by atoms with E-state index >= 15 is 0 Å². The third-order valence-electron chi connectivity index (χ3n) is 9.62. The highest BCUT2D eigenvalue weighted by Gasteiger charge is 2.27. The Labute approximate surface area is 324 Å². The minimum atomic E-state index is -4.61. The van der Waals surface area contributed by atoms with E-state index < -0.39 is 51.8 Å². The van der Waals surface area contributed by atoms with Crippen LogP contribution in [0.25, 0.3) is 0 Å². The van der Waals surface area contributed by atoms with E-state index in [1.165, 1.54) is 116 Å². The Morgan fingerprint density at radius 1 is 0.509 bits per heavy atom. The third-order valence-corrected chi connectivity index (χ3v) is 10.6. The van der Waals surface area contributed by atoms with E-state index in [-0.39, 0.29) is 19.4 Å². The summed E-state index contributed by atoms with van der Waals surface area (Å²) in [6.07, 6.45) is 29.6. The Morgan fingerprint density at radius 3 is 1.23 bits per heavy atom. The molecule has 0 rings (SSSR count). The highest BCUT2D eigenvalue weighted by Crippen LogP contribution is 2.43. The number of ether oxygens (including phenoxy) is 2. The van der Waals surface area contributed by atoms with Crippen molar-refractivity contribution in [1.82, 2.24) is 0 Å². The van der Waals surface area contributed by atoms with Gasteiger partial charge in [0.1, 0.15) is 12.7 Å². The Hall–Kier alpha value is -1.03. The molecule has 0 heterocycles. The maximum atomic E-state index is 12.6. The van der Waals surface area contributed by atoms with Crippen LogP contribution >= 0.6 is 7.82 Å². The van der Waals surface area contributed by atoms with E-state index in [4.69, 9.17) is 19.1 Å². The highest BCUT2D eigenvalue weighted by atomic mass is 31.2. The molecule has 0 aliphatic carbocycles. The van der Waals surface area contributed by atoms with Gasteiger partial charge in [-0.1, -0.05) is 182 Å². The molecule has 0 spiro atoms. The summed E-state index contributed by atoms with van der Waals surface area (Å²) in [6, 6.07) is 0. The van der Waals surface area contributed by atoms with Crippen LogP contribution in [0.1, 0.15) is 207 Å². The lowest BCUT2D eigenvalue weighted by atomic mass is 10.0. The van der Waals surface area contributed by atoms with Gasteiger partial charge in [-0.3, -0.25) is 18.6 Å². The van der Waals surface area contributed by atoms with Crippen molar-refractivity contribution in [3.05, 3.63) is 0 Å². The zero-order valence-electron chi connectivity index (χ0n) is 34.6. The molecule has 0 saturated carbocycles. The van der Waals surface area contributed by atoms with Crippen molar-refractivity contribution < 1.29 is 47.8 Å². The first-order valence-corrected chi connectivity index (χ1v) is 23.2. The molecule has 3 N–H and O–H groups in total. The van der Waals surface area contributed by atoms with E-state index in [1.807, 2.05) is 0 Å². The van der Waals surface area contributed by atoms with Gasteiger partial charge in [-0.05, 0) is 24.7 Å². The lowest BCUT2D eigenvalue weighted by Gasteiger charge is -2.20. The molecule has 1 unspecified atom stereocenters. The first-order valence-electron chi connectivity index (χ1n) is 21.7. The van der Waals surface area contributed by atoms with Crippen molar-refractivity contribution in [2.75, 3.05) is 26.4 Å². The number of carbonyl (C=O) groups excluding carboxylic acids is 2. The van der Waals surface area contributed by atoms with Gasteiger partial charge in [0.2, 0.25) is 0 Å². The summed E-state index contributed by atoms with van der Waals surface area (Å²) >= 11 is 0. The maximum Gasteiger partial charge on any atom is 0.472 e. The van der Waals surface area contributed by atoms with E-state index in [0.717, 1.165) is 50.4 Å². The molecule has 0 aliphatic rings. The van der Waals surface area contributed by atoms with Crippen LogP contribution in [0.4, 0.5) is 0 Å². The van der Waals surface area contributed by atoms with Gasteiger partial charge in [-0.2, -0.15) is 0 Å². The highest BCUT2D eigenvalue weighted by molar-refractivity contribution is 7.47. The summed E-state index contributed by atoms with van der Waals surface area (Å²) in [5, 5.41) is 18.3. The van der Waals surface area contributed by atoms with Gasteiger partial charge in [0, 0.05) is 12.8 Å². The lowest BCUT2D eigenvalue weighted by Crippen LogP contribution is -2.29. The molecule has 3 atom stereocenters. The van der Waals surface area contributed by atoms with Gasteiger partial charge in [0.25, 0.3) is 0 Å². The van der Waals surface area contributed by atoms with Crippen molar-refractivity contribution in [2.24, 2.45) is 11.8 Å². The zero-order chi connectivity index (χ0) is 39.4. The quantitative estimate of drug-likeness (QED) is 0.0312. The molecule has 0 aliphatic heterocycles. The van der Waals surface area contributed by atoms with Crippen LogP contribution in [0.5, 0.6) is 0 Å². The number of esters is 2. The van der Waals surface area contributed by atoms with Gasteiger partial charge >= 0.3 is 19.8 Å². The summed E-state index contributed by atoms with van der Waals surface area (Å²) in [5.41, 5.74) is 0. The molecular weight excluding hydrogens is 695 g/mol. The van der Waals surface area contributed by atoms with Crippen LogP contribution < -0.4 is 0 Å². The Morgan fingerprint density at radius 2 is 0.849 bits per heavy atom. The fraction of sp³-hybridized carbons (Fsp3) is 0.952. The Bertz CT molecular complexity index is 884. The molecule has 10 nitrogen and oxygen atoms in total. The number of phosphoric acid groups is 1. The number of aliphatic hydroxyl groups is 2. The molecule has 0 bridgehead atoms. The van der Waals surface area contributed by atoms with E-state index in [0.29, 0.717) is 12.8 Å². The zero-order valence-corrected chi connectivity index (χ0v) is 35.5. The molecule has 0 aromatic carbocycles. The summed E-state index contributed by atoms with van der Waals surface area (Å²) in [7, 11) is -4.61. The fourth-order valence-electron chi connectivity index (χ4n) is 6.25. The molecule has 0 aromatic rings. The van der Waals surface area contributed by atoms with Gasteiger partial charge in [-0.25, -0.2) is 4.57 Å². The first-order chi connectivity index (χ1) is 25.4. The monoisotopic (exact) mass is 779 g/mol. The molecule has 53 heavy (non-hydrogen) atoms. The summed E-state index contributed by atoms with van der Waals surface area (Å²) < 4.78 is 32.6. The van der Waals surface area contributed by atoms with Gasteiger partial charge in [0.05, 0.1) is 19.8 Å². The smallest absolute Gasteiger partial charge is 0.462 e. The van der Waals surface area contributed by atoms with Crippen LogP contribution in [0.2, 0.25) is 0 Å². The number of carbonyl (C=O) groups is 2. The standard InChI is InChI=1S/C42H83O10P/c1-37(2)29-25-21-17-15-13-11-9-7-5-6-8-10-12-14-16-18-24-28-32-42(46)52-40(36-51-53(47,48)50-34-39(44)33-43)35-49-41(45)31-27-23-20-19-22-26-30-38(3)4/h37-40,43-44H,5-36H2,1-4H3,(H,47,48)/t39-,40+/m0/s1. The van der Waals surface area contributed by atoms with Crippen LogP contribution in [-0.2, 0) is 32.7 Å². The van der Waals surface area contributed by atoms with Crippen LogP contribution in [-0.4, -0.2) is 65.7 Å². The maximum absolute atomic E-state index is 12.6. The topological polar surface area (TPSA) is 149 Å². The second-order valence-electron chi connectivity index (χ2n) is 16.0. The van der Waals surface area contributed by atoms with Crippen molar-refractivity contribution >= 4 is 19.8 Å². The molecule has 0 saturated heterocycles. The molecule has 316 valence electrons. The van der Waals surface area contributed by atoms with E-state index in [2.05, 4.69) is 32.2 Å². The van der Waals surface area contributed by atoms with Gasteiger partial charge in [-0.15, -0.1) is 0 Å². The second kappa shape index (κ2) is 36.6. The minimum Gasteiger partial charge on any atom is -0.462 e. The molecule has 0 radical (unpaired) electrons. The minimum absolute atomic E-state index is 0.190. The molecular formula is C42H83O10P. The number of aliphatic hydroxyl groups excluding tert-OH is 2.